The first-order valence-corrected chi connectivity index (χ1v) is 6.68. The monoisotopic (exact) mass is 262 g/mol. The highest BCUT2D eigenvalue weighted by Gasteiger charge is 2.36. The second kappa shape index (κ2) is 5.21. The van der Waals surface area contributed by atoms with Crippen LogP contribution in [0.15, 0.2) is 24.3 Å². The lowest BCUT2D eigenvalue weighted by Gasteiger charge is -2.38. The number of benzene rings is 1. The lowest BCUT2D eigenvalue weighted by Crippen LogP contribution is -2.52. The van der Waals surface area contributed by atoms with Gasteiger partial charge in [0.1, 0.15) is 0 Å². The molecule has 4 heteroatoms. The summed E-state index contributed by atoms with van der Waals surface area (Å²) in [7, 11) is 0. The molecule has 0 bridgehead atoms. The number of carbonyl (C=O) groups excluding carboxylic acids is 1. The lowest BCUT2D eigenvalue weighted by molar-refractivity contribution is -0.144. The molecule has 1 saturated heterocycles. The van der Waals surface area contributed by atoms with Crippen molar-refractivity contribution in [3.05, 3.63) is 29.8 Å². The van der Waals surface area contributed by atoms with Crippen molar-refractivity contribution >= 4 is 11.6 Å². The van der Waals surface area contributed by atoms with Crippen LogP contribution in [-0.4, -0.2) is 36.6 Å². The zero-order valence-electron chi connectivity index (χ0n) is 11.8. The minimum absolute atomic E-state index is 0.134. The van der Waals surface area contributed by atoms with Crippen molar-refractivity contribution in [2.45, 2.75) is 32.2 Å². The van der Waals surface area contributed by atoms with Gasteiger partial charge in [-0.15, -0.1) is 0 Å². The van der Waals surface area contributed by atoms with Gasteiger partial charge in [0, 0.05) is 12.2 Å². The van der Waals surface area contributed by atoms with Gasteiger partial charge in [0.25, 0.3) is 0 Å². The molecule has 0 radical (unpaired) electrons. The highest BCUT2D eigenvalue weighted by atomic mass is 16.5. The number of anilines is 1. The average molecular weight is 262 g/mol. The van der Waals surface area contributed by atoms with Crippen LogP contribution in [0.2, 0.25) is 0 Å². The van der Waals surface area contributed by atoms with E-state index in [4.69, 9.17) is 10.5 Å². The summed E-state index contributed by atoms with van der Waals surface area (Å²) in [5.74, 6) is 0.146. The van der Waals surface area contributed by atoms with Crippen molar-refractivity contribution in [1.29, 1.82) is 0 Å². The summed E-state index contributed by atoms with van der Waals surface area (Å²) < 4.78 is 5.39. The lowest BCUT2D eigenvalue weighted by atomic mass is 9.82. The van der Waals surface area contributed by atoms with Gasteiger partial charge in [-0.3, -0.25) is 4.79 Å². The number of hydrogen-bond donors (Lipinski definition) is 1. The summed E-state index contributed by atoms with van der Waals surface area (Å²) >= 11 is 0. The van der Waals surface area contributed by atoms with Gasteiger partial charge in [0.2, 0.25) is 5.91 Å². The van der Waals surface area contributed by atoms with E-state index in [9.17, 15) is 4.79 Å². The molecule has 2 rings (SSSR count). The quantitative estimate of drug-likeness (QED) is 0.827. The number of carbonyl (C=O) groups is 1. The van der Waals surface area contributed by atoms with E-state index in [0.29, 0.717) is 25.4 Å². The van der Waals surface area contributed by atoms with E-state index in [1.165, 1.54) is 0 Å². The van der Waals surface area contributed by atoms with Crippen molar-refractivity contribution in [3.63, 3.8) is 0 Å². The fraction of sp³-hybridized carbons (Fsp3) is 0.533. The summed E-state index contributed by atoms with van der Waals surface area (Å²) in [5.41, 5.74) is 6.86. The summed E-state index contributed by atoms with van der Waals surface area (Å²) in [6, 6.07) is 7.67. The highest BCUT2D eigenvalue weighted by Crippen LogP contribution is 2.28. The van der Waals surface area contributed by atoms with Crippen molar-refractivity contribution in [3.8, 4) is 0 Å². The second-order valence-corrected chi connectivity index (χ2v) is 5.67. The van der Waals surface area contributed by atoms with Crippen molar-refractivity contribution in [2.24, 2.45) is 0 Å². The van der Waals surface area contributed by atoms with Crippen LogP contribution in [0.4, 0.5) is 5.69 Å². The van der Waals surface area contributed by atoms with Gasteiger partial charge in [0.15, 0.2) is 0 Å². The Morgan fingerprint density at radius 2 is 2.00 bits per heavy atom. The van der Waals surface area contributed by atoms with Crippen LogP contribution in [0.25, 0.3) is 0 Å². The van der Waals surface area contributed by atoms with Crippen molar-refractivity contribution < 1.29 is 9.53 Å². The molecule has 1 fully saturated rings. The predicted octanol–water partition coefficient (Wildman–Crippen LogP) is 1.79. The second-order valence-electron chi connectivity index (χ2n) is 5.67. The minimum atomic E-state index is -0.542. The van der Waals surface area contributed by atoms with Gasteiger partial charge in [-0.1, -0.05) is 12.1 Å². The zero-order valence-corrected chi connectivity index (χ0v) is 11.8. The molecule has 0 spiro atoms. The molecule has 1 amide bonds. The van der Waals surface area contributed by atoms with Crippen LogP contribution in [-0.2, 0) is 14.9 Å². The summed E-state index contributed by atoms with van der Waals surface area (Å²) in [5, 5.41) is 0. The third-order valence-electron chi connectivity index (χ3n) is 3.80. The van der Waals surface area contributed by atoms with E-state index in [1.54, 1.807) is 0 Å². The number of amides is 1. The normalized spacial score (nSPS) is 20.4. The minimum Gasteiger partial charge on any atom is -0.399 e. The molecule has 2 N–H and O–H groups in total. The fourth-order valence-electron chi connectivity index (χ4n) is 2.41. The molecular formula is C15H22N2O2. The number of hydrogen-bond acceptors (Lipinski definition) is 3. The van der Waals surface area contributed by atoms with Gasteiger partial charge in [-0.2, -0.15) is 0 Å². The van der Waals surface area contributed by atoms with Crippen LogP contribution in [0, 0.1) is 0 Å². The number of nitrogen functional groups attached to an aromatic ring is 1. The molecule has 1 aliphatic rings. The third-order valence-corrected chi connectivity index (χ3v) is 3.80. The van der Waals surface area contributed by atoms with Crippen LogP contribution in [0.5, 0.6) is 0 Å². The Kier molecular flexibility index (Phi) is 3.80. The molecule has 1 aliphatic heterocycles. The smallest absolute Gasteiger partial charge is 0.233 e. The molecule has 0 aliphatic carbocycles. The van der Waals surface area contributed by atoms with Gasteiger partial charge < -0.3 is 15.4 Å². The van der Waals surface area contributed by atoms with Gasteiger partial charge in [-0.25, -0.2) is 0 Å². The fourth-order valence-corrected chi connectivity index (χ4v) is 2.41. The average Bonchev–Trinajstić information content (AvgIpc) is 2.39. The van der Waals surface area contributed by atoms with Crippen LogP contribution >= 0.6 is 0 Å². The summed E-state index contributed by atoms with van der Waals surface area (Å²) in [4.78, 5) is 14.7. The molecule has 1 heterocycles. The maximum absolute atomic E-state index is 12.8. The number of ether oxygens (including phenoxy) is 1. The summed E-state index contributed by atoms with van der Waals surface area (Å²) in [6.45, 7) is 7.85. The maximum Gasteiger partial charge on any atom is 0.233 e. The Labute approximate surface area is 114 Å². The predicted molar refractivity (Wildman–Crippen MR) is 75.9 cm³/mol. The topological polar surface area (TPSA) is 55.6 Å². The summed E-state index contributed by atoms with van der Waals surface area (Å²) in [6.07, 6.45) is 0. The molecule has 1 aromatic rings. The SMILES string of the molecule is C[C@@H]1COCCN1C(=O)C(C)(C)c1ccc(N)cc1. The molecule has 1 atom stereocenters. The molecule has 0 aromatic heterocycles. The van der Waals surface area contributed by atoms with Gasteiger partial charge >= 0.3 is 0 Å². The third kappa shape index (κ3) is 2.73. The number of rotatable bonds is 2. The Morgan fingerprint density at radius 3 is 2.58 bits per heavy atom. The van der Waals surface area contributed by atoms with Gasteiger partial charge in [0.05, 0.1) is 24.7 Å². The van der Waals surface area contributed by atoms with E-state index in [1.807, 2.05) is 49.9 Å². The molecule has 1 aromatic carbocycles. The van der Waals surface area contributed by atoms with Gasteiger partial charge in [-0.05, 0) is 38.5 Å². The largest absolute Gasteiger partial charge is 0.399 e. The Bertz CT molecular complexity index is 454. The standard InChI is InChI=1S/C15H22N2O2/c1-11-10-19-9-8-17(11)14(18)15(2,3)12-4-6-13(16)7-5-12/h4-7,11H,8-10,16H2,1-3H3/t11-/m1/s1. The maximum atomic E-state index is 12.8. The Hall–Kier alpha value is -1.55. The molecule has 19 heavy (non-hydrogen) atoms. The van der Waals surface area contributed by atoms with E-state index < -0.39 is 5.41 Å². The van der Waals surface area contributed by atoms with Crippen LogP contribution in [0.1, 0.15) is 26.3 Å². The van der Waals surface area contributed by atoms with Crippen LogP contribution < -0.4 is 5.73 Å². The molecule has 0 saturated carbocycles. The Morgan fingerprint density at radius 1 is 1.37 bits per heavy atom. The number of morpholine rings is 1. The van der Waals surface area contributed by atoms with Crippen molar-refractivity contribution in [1.82, 2.24) is 4.90 Å². The first kappa shape index (κ1) is 13.9. The Balaban J connectivity index is 2.22. The van der Waals surface area contributed by atoms with E-state index in [-0.39, 0.29) is 11.9 Å². The number of nitrogens with zero attached hydrogens (tertiary/aromatic N) is 1. The highest BCUT2D eigenvalue weighted by molar-refractivity contribution is 5.87. The molecular weight excluding hydrogens is 240 g/mol. The van der Waals surface area contributed by atoms with E-state index in [2.05, 4.69) is 0 Å². The first-order valence-electron chi connectivity index (χ1n) is 6.68. The number of nitrogens with two attached hydrogens (primary N) is 1. The van der Waals surface area contributed by atoms with E-state index in [0.717, 1.165) is 5.56 Å². The van der Waals surface area contributed by atoms with E-state index >= 15 is 0 Å². The van der Waals surface area contributed by atoms with Crippen molar-refractivity contribution in [2.75, 3.05) is 25.5 Å². The van der Waals surface area contributed by atoms with Crippen LogP contribution in [0.3, 0.4) is 0 Å². The molecule has 0 unspecified atom stereocenters. The molecule has 4 nitrogen and oxygen atoms in total. The zero-order chi connectivity index (χ0) is 14.0. The first-order chi connectivity index (χ1) is 8.93. The molecule has 104 valence electrons.